The van der Waals surface area contributed by atoms with Crippen LogP contribution in [0.25, 0.3) is 10.6 Å². The number of halogens is 1. The van der Waals surface area contributed by atoms with Gasteiger partial charge in [-0.1, -0.05) is 11.3 Å². The number of aromatic nitrogens is 2. The lowest BCUT2D eigenvalue weighted by Gasteiger charge is -2.15. The van der Waals surface area contributed by atoms with Crippen molar-refractivity contribution in [3.63, 3.8) is 0 Å². The van der Waals surface area contributed by atoms with Gasteiger partial charge in [-0.15, -0.1) is 10.2 Å². The molecule has 1 aliphatic rings. The van der Waals surface area contributed by atoms with Crippen LogP contribution in [0.15, 0.2) is 53.4 Å². The number of hydrogen-bond acceptors (Lipinski definition) is 6. The van der Waals surface area contributed by atoms with Gasteiger partial charge in [-0.2, -0.15) is 4.31 Å². The van der Waals surface area contributed by atoms with Crippen LogP contribution in [0.3, 0.4) is 0 Å². The van der Waals surface area contributed by atoms with E-state index >= 15 is 0 Å². The first kappa shape index (κ1) is 19.6. The molecule has 1 saturated heterocycles. The molecular formula is C19H17FN4O3S2. The Morgan fingerprint density at radius 1 is 1.00 bits per heavy atom. The van der Waals surface area contributed by atoms with Gasteiger partial charge < -0.3 is 0 Å². The van der Waals surface area contributed by atoms with Crippen molar-refractivity contribution in [1.29, 1.82) is 0 Å². The number of rotatable bonds is 5. The van der Waals surface area contributed by atoms with Crippen LogP contribution in [0.4, 0.5) is 9.52 Å². The minimum atomic E-state index is -3.52. The molecule has 2 heterocycles. The normalized spacial score (nSPS) is 14.8. The van der Waals surface area contributed by atoms with Gasteiger partial charge >= 0.3 is 0 Å². The van der Waals surface area contributed by atoms with Crippen molar-refractivity contribution in [1.82, 2.24) is 14.5 Å². The lowest BCUT2D eigenvalue weighted by atomic mass is 10.2. The second-order valence-electron chi connectivity index (χ2n) is 6.51. The van der Waals surface area contributed by atoms with Crippen molar-refractivity contribution >= 4 is 32.4 Å². The summed E-state index contributed by atoms with van der Waals surface area (Å²) in [6.45, 7) is 1.05. The average molecular weight is 433 g/mol. The van der Waals surface area contributed by atoms with Crippen molar-refractivity contribution in [2.24, 2.45) is 0 Å². The van der Waals surface area contributed by atoms with E-state index in [1.54, 1.807) is 12.1 Å². The third-order valence-electron chi connectivity index (χ3n) is 4.56. The smallest absolute Gasteiger partial charge is 0.257 e. The highest BCUT2D eigenvalue weighted by atomic mass is 32.2. The number of benzene rings is 2. The quantitative estimate of drug-likeness (QED) is 0.667. The molecule has 0 atom stereocenters. The summed E-state index contributed by atoms with van der Waals surface area (Å²) in [6, 6.07) is 11.6. The zero-order valence-corrected chi connectivity index (χ0v) is 16.8. The molecule has 7 nitrogen and oxygen atoms in total. The minimum Gasteiger partial charge on any atom is -0.296 e. The second kappa shape index (κ2) is 7.97. The van der Waals surface area contributed by atoms with Crippen LogP contribution in [0.2, 0.25) is 0 Å². The second-order valence-corrected chi connectivity index (χ2v) is 9.42. The van der Waals surface area contributed by atoms with Crippen molar-refractivity contribution in [3.8, 4) is 10.6 Å². The Bertz CT molecular complexity index is 1120. The number of amides is 1. The predicted octanol–water partition coefficient (Wildman–Crippen LogP) is 3.38. The van der Waals surface area contributed by atoms with E-state index in [0.29, 0.717) is 34.4 Å². The van der Waals surface area contributed by atoms with Crippen LogP contribution < -0.4 is 5.32 Å². The highest BCUT2D eigenvalue weighted by Gasteiger charge is 2.27. The fraction of sp³-hybridized carbons (Fsp3) is 0.211. The van der Waals surface area contributed by atoms with Crippen molar-refractivity contribution in [2.45, 2.75) is 17.7 Å². The molecule has 1 N–H and O–H groups in total. The Labute approximate surface area is 171 Å². The summed E-state index contributed by atoms with van der Waals surface area (Å²) in [5.74, 6) is -0.765. The van der Waals surface area contributed by atoms with Gasteiger partial charge in [-0.3, -0.25) is 10.1 Å². The summed E-state index contributed by atoms with van der Waals surface area (Å²) >= 11 is 1.16. The molecule has 1 aromatic heterocycles. The SMILES string of the molecule is O=C(Nc1nnc(-c2ccc(F)cc2)s1)c1ccc(S(=O)(=O)N2CCCC2)cc1. The van der Waals surface area contributed by atoms with E-state index in [1.807, 2.05) is 0 Å². The van der Waals surface area contributed by atoms with Crippen LogP contribution >= 0.6 is 11.3 Å². The largest absolute Gasteiger partial charge is 0.296 e. The predicted molar refractivity (Wildman–Crippen MR) is 108 cm³/mol. The molecule has 150 valence electrons. The van der Waals surface area contributed by atoms with Crippen LogP contribution in [0.1, 0.15) is 23.2 Å². The van der Waals surface area contributed by atoms with Gasteiger partial charge in [0, 0.05) is 24.2 Å². The van der Waals surface area contributed by atoms with Crippen molar-refractivity contribution in [3.05, 3.63) is 59.9 Å². The molecular weight excluding hydrogens is 415 g/mol. The summed E-state index contributed by atoms with van der Waals surface area (Å²) in [7, 11) is -3.52. The molecule has 1 amide bonds. The lowest BCUT2D eigenvalue weighted by Crippen LogP contribution is -2.27. The van der Waals surface area contributed by atoms with Gasteiger partial charge in [-0.25, -0.2) is 12.8 Å². The minimum absolute atomic E-state index is 0.172. The Morgan fingerprint density at radius 2 is 1.66 bits per heavy atom. The molecule has 0 radical (unpaired) electrons. The first-order valence-corrected chi connectivity index (χ1v) is 11.2. The molecule has 0 spiro atoms. The summed E-state index contributed by atoms with van der Waals surface area (Å²) in [6.07, 6.45) is 1.73. The maximum atomic E-state index is 13.0. The summed E-state index contributed by atoms with van der Waals surface area (Å²) < 4.78 is 39.6. The third kappa shape index (κ3) is 4.19. The molecule has 2 aromatic carbocycles. The molecule has 10 heteroatoms. The molecule has 1 fully saturated rings. The van der Waals surface area contributed by atoms with Gasteiger partial charge in [0.15, 0.2) is 0 Å². The monoisotopic (exact) mass is 432 g/mol. The highest BCUT2D eigenvalue weighted by Crippen LogP contribution is 2.27. The van der Waals surface area contributed by atoms with E-state index in [2.05, 4.69) is 15.5 Å². The summed E-state index contributed by atoms with van der Waals surface area (Å²) in [5, 5.41) is 11.4. The first-order valence-electron chi connectivity index (χ1n) is 8.94. The molecule has 0 unspecified atom stereocenters. The molecule has 0 bridgehead atoms. The lowest BCUT2D eigenvalue weighted by molar-refractivity contribution is 0.102. The Morgan fingerprint density at radius 3 is 2.31 bits per heavy atom. The number of sulfonamides is 1. The maximum absolute atomic E-state index is 13.0. The number of nitrogens with one attached hydrogen (secondary N) is 1. The van der Waals surface area contributed by atoms with E-state index in [0.717, 1.165) is 24.2 Å². The Kier molecular flexibility index (Phi) is 5.39. The molecule has 29 heavy (non-hydrogen) atoms. The van der Waals surface area contributed by atoms with E-state index in [1.165, 1.54) is 40.7 Å². The zero-order chi connectivity index (χ0) is 20.4. The highest BCUT2D eigenvalue weighted by molar-refractivity contribution is 7.89. The van der Waals surface area contributed by atoms with Crippen LogP contribution in [0, 0.1) is 5.82 Å². The zero-order valence-electron chi connectivity index (χ0n) is 15.2. The molecule has 1 aliphatic heterocycles. The van der Waals surface area contributed by atoms with Gasteiger partial charge in [0.25, 0.3) is 5.91 Å². The molecule has 0 aliphatic carbocycles. The Hall–Kier alpha value is -2.69. The van der Waals surface area contributed by atoms with Gasteiger partial charge in [0.1, 0.15) is 10.8 Å². The average Bonchev–Trinajstić information content (AvgIpc) is 3.41. The topological polar surface area (TPSA) is 92.3 Å². The molecule has 4 rings (SSSR count). The van der Waals surface area contributed by atoms with Crippen molar-refractivity contribution in [2.75, 3.05) is 18.4 Å². The van der Waals surface area contributed by atoms with Gasteiger partial charge in [0.2, 0.25) is 15.2 Å². The number of carbonyl (C=O) groups excluding carboxylic acids is 1. The molecule has 0 saturated carbocycles. The van der Waals surface area contributed by atoms with Crippen LogP contribution in [0.5, 0.6) is 0 Å². The number of hydrogen-bond donors (Lipinski definition) is 1. The fourth-order valence-corrected chi connectivity index (χ4v) is 5.27. The van der Waals surface area contributed by atoms with Gasteiger partial charge in [0.05, 0.1) is 4.90 Å². The summed E-state index contributed by atoms with van der Waals surface area (Å²) in [5.41, 5.74) is 1.00. The standard InChI is InChI=1S/C19H17FN4O3S2/c20-15-7-3-14(4-8-15)18-22-23-19(28-18)21-17(25)13-5-9-16(10-6-13)29(26,27)24-11-1-2-12-24/h3-10H,1-2,11-12H2,(H,21,23,25). The van der Waals surface area contributed by atoms with E-state index in [-0.39, 0.29) is 10.7 Å². The summed E-state index contributed by atoms with van der Waals surface area (Å²) in [4.78, 5) is 12.6. The number of nitrogens with zero attached hydrogens (tertiary/aromatic N) is 3. The third-order valence-corrected chi connectivity index (χ3v) is 7.36. The number of carbonyl (C=O) groups is 1. The van der Waals surface area contributed by atoms with Crippen LogP contribution in [-0.4, -0.2) is 41.9 Å². The first-order chi connectivity index (χ1) is 13.9. The van der Waals surface area contributed by atoms with Crippen molar-refractivity contribution < 1.29 is 17.6 Å². The van der Waals surface area contributed by atoms with Gasteiger partial charge in [-0.05, 0) is 61.4 Å². The Balaban J connectivity index is 1.46. The maximum Gasteiger partial charge on any atom is 0.257 e. The van der Waals surface area contributed by atoms with E-state index in [4.69, 9.17) is 0 Å². The van der Waals surface area contributed by atoms with E-state index < -0.39 is 15.9 Å². The van der Waals surface area contributed by atoms with Crippen LogP contribution in [-0.2, 0) is 10.0 Å². The fourth-order valence-electron chi connectivity index (χ4n) is 3.01. The number of anilines is 1. The molecule has 3 aromatic rings. The van der Waals surface area contributed by atoms with E-state index in [9.17, 15) is 17.6 Å².